The molecule has 5 rings (SSSR count). The predicted octanol–water partition coefficient (Wildman–Crippen LogP) is 4.10. The van der Waals surface area contributed by atoms with E-state index in [0.717, 1.165) is 35.6 Å². The van der Waals surface area contributed by atoms with Crippen LogP contribution in [-0.2, 0) is 4.79 Å². The Morgan fingerprint density at radius 3 is 2.39 bits per heavy atom. The van der Waals surface area contributed by atoms with Gasteiger partial charge in [0, 0.05) is 11.5 Å². The summed E-state index contributed by atoms with van der Waals surface area (Å²) in [6.45, 7) is 8.64. The van der Waals surface area contributed by atoms with Gasteiger partial charge in [0.15, 0.2) is 17.3 Å². The highest BCUT2D eigenvalue weighted by molar-refractivity contribution is 5.98. The first-order valence-electron chi connectivity index (χ1n) is 12.5. The number of rotatable bonds is 6. The molecular formula is C28H32N4O4. The number of nitrogens with one attached hydrogen (secondary N) is 1. The van der Waals surface area contributed by atoms with E-state index in [2.05, 4.69) is 15.3 Å². The Morgan fingerprint density at radius 2 is 1.67 bits per heavy atom. The van der Waals surface area contributed by atoms with Crippen molar-refractivity contribution in [2.45, 2.75) is 33.6 Å². The number of benzene rings is 2. The predicted molar refractivity (Wildman–Crippen MR) is 137 cm³/mol. The van der Waals surface area contributed by atoms with E-state index in [4.69, 9.17) is 9.47 Å². The van der Waals surface area contributed by atoms with Crippen LogP contribution in [0.15, 0.2) is 42.5 Å². The van der Waals surface area contributed by atoms with Crippen molar-refractivity contribution in [3.63, 3.8) is 0 Å². The molecular weight excluding hydrogens is 456 g/mol. The van der Waals surface area contributed by atoms with Crippen molar-refractivity contribution in [1.82, 2.24) is 14.7 Å². The lowest BCUT2D eigenvalue weighted by Crippen LogP contribution is -2.40. The molecule has 1 fully saturated rings. The third kappa shape index (κ3) is 4.99. The topological polar surface area (TPSA) is 85.7 Å². The van der Waals surface area contributed by atoms with Crippen LogP contribution in [0.4, 0.5) is 5.69 Å². The minimum Gasteiger partial charge on any atom is -0.486 e. The van der Waals surface area contributed by atoms with E-state index < -0.39 is 0 Å². The molecule has 36 heavy (non-hydrogen) atoms. The average Bonchev–Trinajstić information content (AvgIpc) is 3.17. The maximum absolute atomic E-state index is 13.1. The average molecular weight is 489 g/mol. The van der Waals surface area contributed by atoms with Gasteiger partial charge in [0.25, 0.3) is 0 Å². The highest BCUT2D eigenvalue weighted by atomic mass is 16.6. The molecule has 8 heteroatoms. The molecule has 3 heterocycles. The van der Waals surface area contributed by atoms with Gasteiger partial charge in [-0.25, -0.2) is 4.68 Å². The molecule has 0 radical (unpaired) electrons. The number of ether oxygens (including phenoxy) is 2. The molecule has 0 spiro atoms. The molecule has 0 bridgehead atoms. The number of amides is 1. The zero-order valence-corrected chi connectivity index (χ0v) is 21.0. The summed E-state index contributed by atoms with van der Waals surface area (Å²) in [5.41, 5.74) is 5.24. The van der Waals surface area contributed by atoms with Gasteiger partial charge >= 0.3 is 0 Å². The zero-order valence-electron chi connectivity index (χ0n) is 21.0. The van der Waals surface area contributed by atoms with Gasteiger partial charge in [0.2, 0.25) is 5.91 Å². The number of carbonyl (C=O) groups is 2. The van der Waals surface area contributed by atoms with Gasteiger partial charge in [-0.3, -0.25) is 14.5 Å². The highest BCUT2D eigenvalue weighted by Crippen LogP contribution is 2.32. The first-order valence-corrected chi connectivity index (χ1v) is 12.5. The van der Waals surface area contributed by atoms with Crippen molar-refractivity contribution in [3.05, 3.63) is 65.0 Å². The fourth-order valence-corrected chi connectivity index (χ4v) is 4.93. The van der Waals surface area contributed by atoms with E-state index in [1.54, 1.807) is 6.07 Å². The second-order valence-corrected chi connectivity index (χ2v) is 9.61. The van der Waals surface area contributed by atoms with E-state index in [9.17, 15) is 9.59 Å². The Hall–Kier alpha value is -3.65. The van der Waals surface area contributed by atoms with Crippen molar-refractivity contribution in [2.75, 3.05) is 38.2 Å². The molecule has 0 saturated carbocycles. The fourth-order valence-electron chi connectivity index (χ4n) is 4.93. The number of fused-ring (bicyclic) bond motifs is 1. The van der Waals surface area contributed by atoms with Crippen molar-refractivity contribution >= 4 is 17.4 Å². The lowest BCUT2D eigenvalue weighted by molar-refractivity contribution is -0.117. The van der Waals surface area contributed by atoms with Gasteiger partial charge in [-0.15, -0.1) is 0 Å². The molecule has 1 saturated heterocycles. The SMILES string of the molecule is Cc1ccc(-n2nc(C)c(NC(=O)CN3CCC(C(=O)c4ccc5c(c4)OCCO5)CC3)c2C)cc1. The second kappa shape index (κ2) is 10.1. The summed E-state index contributed by atoms with van der Waals surface area (Å²) in [6, 6.07) is 13.6. The monoisotopic (exact) mass is 488 g/mol. The summed E-state index contributed by atoms with van der Waals surface area (Å²) in [6.07, 6.45) is 1.45. The number of carbonyl (C=O) groups excluding carboxylic acids is 2. The summed E-state index contributed by atoms with van der Waals surface area (Å²) >= 11 is 0. The van der Waals surface area contributed by atoms with Crippen molar-refractivity contribution < 1.29 is 19.1 Å². The van der Waals surface area contributed by atoms with Crippen molar-refractivity contribution in [2.24, 2.45) is 5.92 Å². The second-order valence-electron chi connectivity index (χ2n) is 9.61. The number of Topliss-reactive ketones (excluding diaryl/α,β-unsaturated/α-hetero) is 1. The molecule has 0 aliphatic carbocycles. The summed E-state index contributed by atoms with van der Waals surface area (Å²) < 4.78 is 13.0. The van der Waals surface area contributed by atoms with Gasteiger partial charge in [-0.05, 0) is 77.0 Å². The number of anilines is 1. The lowest BCUT2D eigenvalue weighted by Gasteiger charge is -2.31. The van der Waals surface area contributed by atoms with Crippen molar-refractivity contribution in [1.29, 1.82) is 0 Å². The number of hydrogen-bond acceptors (Lipinski definition) is 6. The Morgan fingerprint density at radius 1 is 0.972 bits per heavy atom. The maximum Gasteiger partial charge on any atom is 0.238 e. The number of aryl methyl sites for hydroxylation is 2. The van der Waals surface area contributed by atoms with Crippen LogP contribution in [0.5, 0.6) is 11.5 Å². The lowest BCUT2D eigenvalue weighted by atomic mass is 9.88. The summed E-state index contributed by atoms with van der Waals surface area (Å²) in [7, 11) is 0. The van der Waals surface area contributed by atoms with Crippen LogP contribution in [0.25, 0.3) is 5.69 Å². The minimum absolute atomic E-state index is 0.0518. The van der Waals surface area contributed by atoms with E-state index in [0.29, 0.717) is 49.9 Å². The van der Waals surface area contributed by atoms with Gasteiger partial charge in [-0.2, -0.15) is 5.10 Å². The van der Waals surface area contributed by atoms with E-state index >= 15 is 0 Å². The van der Waals surface area contributed by atoms with Gasteiger partial charge < -0.3 is 14.8 Å². The fraction of sp³-hybridized carbons (Fsp3) is 0.393. The van der Waals surface area contributed by atoms with Gasteiger partial charge in [-0.1, -0.05) is 17.7 Å². The molecule has 2 aliphatic heterocycles. The molecule has 188 valence electrons. The van der Waals surface area contributed by atoms with E-state index in [1.165, 1.54) is 5.56 Å². The number of nitrogens with zero attached hydrogens (tertiary/aromatic N) is 3. The molecule has 2 aromatic carbocycles. The quantitative estimate of drug-likeness (QED) is 0.526. The standard InChI is InChI=1S/C28H32N4O4/c1-18-4-7-23(8-5-18)32-20(3)27(19(2)30-32)29-26(33)17-31-12-10-21(11-13-31)28(34)22-6-9-24-25(16-22)36-15-14-35-24/h4-9,16,21H,10-15,17H2,1-3H3,(H,29,33). The molecule has 0 unspecified atom stereocenters. The third-order valence-corrected chi connectivity index (χ3v) is 6.99. The van der Waals surface area contributed by atoms with Gasteiger partial charge in [0.05, 0.1) is 29.3 Å². The Balaban J connectivity index is 1.16. The normalized spacial score (nSPS) is 16.1. The van der Waals surface area contributed by atoms with Crippen LogP contribution >= 0.6 is 0 Å². The molecule has 1 amide bonds. The van der Waals surface area contributed by atoms with Crippen LogP contribution in [0.2, 0.25) is 0 Å². The Labute approximate surface area is 211 Å². The maximum atomic E-state index is 13.1. The van der Waals surface area contributed by atoms with Crippen LogP contribution < -0.4 is 14.8 Å². The molecule has 0 atom stereocenters. The molecule has 2 aliphatic rings. The minimum atomic E-state index is -0.0683. The molecule has 1 aromatic heterocycles. The van der Waals surface area contributed by atoms with E-state index in [-0.39, 0.29) is 17.6 Å². The number of aromatic nitrogens is 2. The first kappa shape index (κ1) is 24.1. The third-order valence-electron chi connectivity index (χ3n) is 6.99. The van der Waals surface area contributed by atoms with Crippen LogP contribution in [-0.4, -0.2) is 59.2 Å². The van der Waals surface area contributed by atoms with Gasteiger partial charge in [0.1, 0.15) is 13.2 Å². The number of likely N-dealkylation sites (tertiary alicyclic amines) is 1. The summed E-state index contributed by atoms with van der Waals surface area (Å²) in [5.74, 6) is 1.34. The summed E-state index contributed by atoms with van der Waals surface area (Å²) in [5, 5.41) is 7.69. The van der Waals surface area contributed by atoms with Crippen molar-refractivity contribution in [3.8, 4) is 17.2 Å². The molecule has 8 nitrogen and oxygen atoms in total. The Bertz CT molecular complexity index is 1270. The smallest absolute Gasteiger partial charge is 0.238 e. The number of ketones is 1. The van der Waals surface area contributed by atoms with Crippen LogP contribution in [0, 0.1) is 26.7 Å². The first-order chi connectivity index (χ1) is 17.4. The molecule has 3 aromatic rings. The Kier molecular flexibility index (Phi) is 6.78. The van der Waals surface area contributed by atoms with Crippen LogP contribution in [0.1, 0.15) is 40.2 Å². The highest BCUT2D eigenvalue weighted by Gasteiger charge is 2.28. The number of hydrogen-bond donors (Lipinski definition) is 1. The molecule has 1 N–H and O–H groups in total. The largest absolute Gasteiger partial charge is 0.486 e. The van der Waals surface area contributed by atoms with E-state index in [1.807, 2.05) is 61.9 Å². The summed E-state index contributed by atoms with van der Waals surface area (Å²) in [4.78, 5) is 28.0. The van der Waals surface area contributed by atoms with Crippen LogP contribution in [0.3, 0.4) is 0 Å². The number of piperidine rings is 1. The zero-order chi connectivity index (χ0) is 25.2.